The van der Waals surface area contributed by atoms with Crippen LogP contribution >= 0.6 is 35.0 Å². The van der Waals surface area contributed by atoms with Crippen molar-refractivity contribution in [2.24, 2.45) is 4.99 Å². The van der Waals surface area contributed by atoms with Crippen LogP contribution in [0.15, 0.2) is 47.6 Å². The summed E-state index contributed by atoms with van der Waals surface area (Å²) in [6, 6.07) is 11.7. The molecule has 0 amide bonds. The van der Waals surface area contributed by atoms with Gasteiger partial charge in [-0.05, 0) is 29.8 Å². The Balaban J connectivity index is 1.80. The zero-order valence-corrected chi connectivity index (χ0v) is 14.8. The minimum Gasteiger partial charge on any atom is -0.341 e. The summed E-state index contributed by atoms with van der Waals surface area (Å²) in [6.45, 7) is 3.19. The van der Waals surface area contributed by atoms with E-state index in [9.17, 15) is 0 Å². The van der Waals surface area contributed by atoms with E-state index in [1.807, 2.05) is 48.3 Å². The Labute approximate surface area is 149 Å². The van der Waals surface area contributed by atoms with Crippen LogP contribution in [0.3, 0.4) is 0 Å². The quantitative estimate of drug-likeness (QED) is 0.753. The third-order valence-electron chi connectivity index (χ3n) is 4.16. The molecule has 0 radical (unpaired) electrons. The first kappa shape index (κ1) is 15.3. The molecule has 1 aromatic carbocycles. The molecule has 1 fully saturated rings. The van der Waals surface area contributed by atoms with Crippen molar-refractivity contribution in [2.45, 2.75) is 24.3 Å². The maximum absolute atomic E-state index is 6.50. The summed E-state index contributed by atoms with van der Waals surface area (Å²) in [5, 5.41) is 2.96. The second-order valence-corrected chi connectivity index (χ2v) is 8.05. The molecule has 118 valence electrons. The summed E-state index contributed by atoms with van der Waals surface area (Å²) < 4.78 is 0. The average molecular weight is 364 g/mol. The fourth-order valence-corrected chi connectivity index (χ4v) is 4.81. The van der Waals surface area contributed by atoms with E-state index in [2.05, 4.69) is 16.8 Å². The smallest absolute Gasteiger partial charge is 0.160 e. The standard InChI is InChI=1S/C17H15Cl2N3S/c1-10-9-22-16(12-6-5-11(18)8-13(12)19)15(21-17(22)23-10)14-4-2-3-7-20-14/h2-8,10,15-16H,9H2,1H3/t10-,15-,16+/m0/s1. The van der Waals surface area contributed by atoms with Gasteiger partial charge in [-0.15, -0.1) is 0 Å². The lowest BCUT2D eigenvalue weighted by molar-refractivity contribution is 0.321. The van der Waals surface area contributed by atoms with E-state index < -0.39 is 0 Å². The van der Waals surface area contributed by atoms with Crippen LogP contribution in [-0.2, 0) is 0 Å². The van der Waals surface area contributed by atoms with Crippen molar-refractivity contribution in [2.75, 3.05) is 6.54 Å². The molecule has 3 atom stereocenters. The average Bonchev–Trinajstić information content (AvgIpc) is 3.05. The van der Waals surface area contributed by atoms with Crippen molar-refractivity contribution in [3.05, 3.63) is 63.9 Å². The van der Waals surface area contributed by atoms with Gasteiger partial charge in [0.2, 0.25) is 0 Å². The summed E-state index contributed by atoms with van der Waals surface area (Å²) in [5.41, 5.74) is 2.03. The first-order valence-corrected chi connectivity index (χ1v) is 9.14. The van der Waals surface area contributed by atoms with Crippen LogP contribution in [0, 0.1) is 0 Å². The molecule has 1 saturated heterocycles. The molecule has 3 heterocycles. The van der Waals surface area contributed by atoms with E-state index in [1.54, 1.807) is 6.07 Å². The minimum atomic E-state index is -0.0372. The molecule has 6 heteroatoms. The Morgan fingerprint density at radius 1 is 1.22 bits per heavy atom. The number of amidine groups is 1. The van der Waals surface area contributed by atoms with Crippen molar-refractivity contribution in [1.29, 1.82) is 0 Å². The highest BCUT2D eigenvalue weighted by molar-refractivity contribution is 8.14. The monoisotopic (exact) mass is 363 g/mol. The van der Waals surface area contributed by atoms with Gasteiger partial charge in [0.25, 0.3) is 0 Å². The number of benzene rings is 1. The molecule has 0 N–H and O–H groups in total. The largest absolute Gasteiger partial charge is 0.341 e. The Morgan fingerprint density at radius 2 is 2.09 bits per heavy atom. The number of hydrogen-bond donors (Lipinski definition) is 0. The van der Waals surface area contributed by atoms with Crippen molar-refractivity contribution < 1.29 is 0 Å². The fourth-order valence-electron chi connectivity index (χ4n) is 3.20. The number of aromatic nitrogens is 1. The fraction of sp³-hybridized carbons (Fsp3) is 0.294. The van der Waals surface area contributed by atoms with Crippen LogP contribution in [0.4, 0.5) is 0 Å². The van der Waals surface area contributed by atoms with Gasteiger partial charge in [-0.2, -0.15) is 0 Å². The van der Waals surface area contributed by atoms with E-state index in [0.717, 1.165) is 23.0 Å². The third kappa shape index (κ3) is 2.73. The van der Waals surface area contributed by atoms with Gasteiger partial charge >= 0.3 is 0 Å². The molecule has 2 aliphatic heterocycles. The zero-order valence-electron chi connectivity index (χ0n) is 12.5. The second-order valence-electron chi connectivity index (χ2n) is 5.80. The number of fused-ring (bicyclic) bond motifs is 1. The molecule has 4 rings (SSSR count). The maximum atomic E-state index is 6.50. The van der Waals surface area contributed by atoms with Gasteiger partial charge in [-0.25, -0.2) is 0 Å². The summed E-state index contributed by atoms with van der Waals surface area (Å²) in [4.78, 5) is 11.8. The highest BCUT2D eigenvalue weighted by Crippen LogP contribution is 2.49. The lowest BCUT2D eigenvalue weighted by Crippen LogP contribution is -2.28. The molecular weight excluding hydrogens is 349 g/mol. The van der Waals surface area contributed by atoms with E-state index in [-0.39, 0.29) is 12.1 Å². The lowest BCUT2D eigenvalue weighted by atomic mass is 9.96. The van der Waals surface area contributed by atoms with Crippen molar-refractivity contribution in [3.8, 4) is 0 Å². The topological polar surface area (TPSA) is 28.5 Å². The maximum Gasteiger partial charge on any atom is 0.160 e. The van der Waals surface area contributed by atoms with Gasteiger partial charge in [0, 0.05) is 28.0 Å². The normalized spacial score (nSPS) is 26.3. The molecular formula is C17H15Cl2N3S. The summed E-state index contributed by atoms with van der Waals surface area (Å²) in [7, 11) is 0. The van der Waals surface area contributed by atoms with Gasteiger partial charge in [0.05, 0.1) is 11.7 Å². The Bertz CT molecular complexity index is 766. The summed E-state index contributed by atoms with van der Waals surface area (Å²) in [5.74, 6) is 0. The molecule has 0 spiro atoms. The van der Waals surface area contributed by atoms with E-state index >= 15 is 0 Å². The summed E-state index contributed by atoms with van der Waals surface area (Å²) in [6.07, 6.45) is 1.81. The SMILES string of the molecule is C[C@H]1CN2C(=N[C@@H](c3ccccn3)[C@H]2c2ccc(Cl)cc2Cl)S1. The molecule has 0 bridgehead atoms. The number of thioether (sulfide) groups is 1. The predicted molar refractivity (Wildman–Crippen MR) is 97.4 cm³/mol. The summed E-state index contributed by atoms with van der Waals surface area (Å²) >= 11 is 14.4. The van der Waals surface area contributed by atoms with Crippen LogP contribution in [0.5, 0.6) is 0 Å². The Kier molecular flexibility index (Phi) is 4.00. The zero-order chi connectivity index (χ0) is 16.0. The number of hydrogen-bond acceptors (Lipinski definition) is 4. The van der Waals surface area contributed by atoms with Crippen molar-refractivity contribution in [3.63, 3.8) is 0 Å². The van der Waals surface area contributed by atoms with Crippen LogP contribution in [0.1, 0.15) is 30.3 Å². The van der Waals surface area contributed by atoms with E-state index in [0.29, 0.717) is 15.3 Å². The number of pyridine rings is 1. The van der Waals surface area contributed by atoms with Crippen molar-refractivity contribution in [1.82, 2.24) is 9.88 Å². The van der Waals surface area contributed by atoms with Crippen LogP contribution in [-0.4, -0.2) is 26.8 Å². The predicted octanol–water partition coefficient (Wildman–Crippen LogP) is 4.98. The molecule has 2 aliphatic rings. The minimum absolute atomic E-state index is 0.0372. The number of rotatable bonds is 2. The third-order valence-corrected chi connectivity index (χ3v) is 5.83. The molecule has 0 saturated carbocycles. The lowest BCUT2D eigenvalue weighted by Gasteiger charge is -2.28. The van der Waals surface area contributed by atoms with Gasteiger partial charge in [-0.1, -0.05) is 54.0 Å². The van der Waals surface area contributed by atoms with Gasteiger partial charge in [-0.3, -0.25) is 9.98 Å². The number of halogens is 2. The molecule has 0 aliphatic carbocycles. The second kappa shape index (κ2) is 6.00. The van der Waals surface area contributed by atoms with E-state index in [1.165, 1.54) is 0 Å². The highest BCUT2D eigenvalue weighted by Gasteiger charge is 2.44. The Hall–Kier alpha value is -1.23. The van der Waals surface area contributed by atoms with Gasteiger partial charge in [0.15, 0.2) is 5.17 Å². The molecule has 1 aromatic heterocycles. The molecule has 23 heavy (non-hydrogen) atoms. The van der Waals surface area contributed by atoms with Crippen LogP contribution in [0.2, 0.25) is 10.0 Å². The van der Waals surface area contributed by atoms with Crippen LogP contribution < -0.4 is 0 Å². The van der Waals surface area contributed by atoms with E-state index in [4.69, 9.17) is 28.2 Å². The molecule has 3 nitrogen and oxygen atoms in total. The van der Waals surface area contributed by atoms with Crippen molar-refractivity contribution >= 4 is 40.1 Å². The first-order chi connectivity index (χ1) is 11.1. The Morgan fingerprint density at radius 3 is 2.83 bits per heavy atom. The highest BCUT2D eigenvalue weighted by atomic mass is 35.5. The number of nitrogens with zero attached hydrogens (tertiary/aromatic N) is 3. The first-order valence-electron chi connectivity index (χ1n) is 7.50. The molecule has 2 aromatic rings. The van der Waals surface area contributed by atoms with Gasteiger partial charge < -0.3 is 4.90 Å². The van der Waals surface area contributed by atoms with Crippen LogP contribution in [0.25, 0.3) is 0 Å². The molecule has 0 unspecified atom stereocenters. The van der Waals surface area contributed by atoms with Gasteiger partial charge in [0.1, 0.15) is 6.04 Å². The number of aliphatic imine (C=N–C) groups is 1.